The molecule has 0 atom stereocenters. The third-order valence-corrected chi connectivity index (χ3v) is 6.87. The predicted molar refractivity (Wildman–Crippen MR) is 127 cm³/mol. The van der Waals surface area contributed by atoms with Crippen molar-refractivity contribution < 1.29 is 4.79 Å². The lowest BCUT2D eigenvalue weighted by molar-refractivity contribution is -0.113. The van der Waals surface area contributed by atoms with Crippen molar-refractivity contribution in [1.82, 2.24) is 19.7 Å². The van der Waals surface area contributed by atoms with Crippen molar-refractivity contribution in [3.63, 3.8) is 0 Å². The largest absolute Gasteiger partial charge is 0.326 e. The maximum atomic E-state index is 12.7. The summed E-state index contributed by atoms with van der Waals surface area (Å²) in [6.07, 6.45) is 0.689. The molecule has 1 amide bonds. The molecule has 4 aromatic rings. The summed E-state index contributed by atoms with van der Waals surface area (Å²) >= 11 is 2.93. The molecular weight excluding hydrogens is 440 g/mol. The first kappa shape index (κ1) is 21.9. The average molecular weight is 463 g/mol. The van der Waals surface area contributed by atoms with Crippen molar-refractivity contribution in [3.05, 3.63) is 80.9 Å². The van der Waals surface area contributed by atoms with Gasteiger partial charge in [0.15, 0.2) is 0 Å². The van der Waals surface area contributed by atoms with Crippen LogP contribution in [0.15, 0.2) is 53.0 Å². The van der Waals surface area contributed by atoms with Crippen LogP contribution in [0, 0.1) is 25.2 Å². The van der Waals surface area contributed by atoms with E-state index in [-0.39, 0.29) is 11.7 Å². The van der Waals surface area contributed by atoms with E-state index >= 15 is 0 Å². The van der Waals surface area contributed by atoms with Crippen LogP contribution in [0.25, 0.3) is 0 Å². The van der Waals surface area contributed by atoms with Gasteiger partial charge in [-0.25, -0.2) is 4.98 Å². The third kappa shape index (κ3) is 4.93. The van der Waals surface area contributed by atoms with Crippen molar-refractivity contribution >= 4 is 34.8 Å². The SMILES string of the molecule is Cc1c(C#N)c(NC(=O)CSc2n[nH]c(Cc3cccs3)n2)n(Cc2ccccc2)c1C. The first-order chi connectivity index (χ1) is 15.5. The summed E-state index contributed by atoms with van der Waals surface area (Å²) in [5.41, 5.74) is 3.42. The second-order valence-electron chi connectivity index (χ2n) is 7.28. The van der Waals surface area contributed by atoms with Crippen molar-refractivity contribution in [2.24, 2.45) is 0 Å². The van der Waals surface area contributed by atoms with Crippen molar-refractivity contribution in [3.8, 4) is 6.07 Å². The number of anilines is 1. The van der Waals surface area contributed by atoms with Gasteiger partial charge < -0.3 is 9.88 Å². The van der Waals surface area contributed by atoms with Gasteiger partial charge >= 0.3 is 0 Å². The number of nitriles is 1. The number of aromatic amines is 1. The standard InChI is InChI=1S/C23H22N6OS2/c1-15-16(2)29(13-17-7-4-3-5-8-17)22(19(15)12-24)26-21(30)14-32-23-25-20(27-28-23)11-18-9-6-10-31-18/h3-10H,11,13-14H2,1-2H3,(H,26,30)(H,25,27,28). The Morgan fingerprint density at radius 3 is 2.78 bits per heavy atom. The summed E-state index contributed by atoms with van der Waals surface area (Å²) < 4.78 is 1.98. The molecule has 0 aliphatic rings. The number of amides is 1. The highest BCUT2D eigenvalue weighted by molar-refractivity contribution is 7.99. The van der Waals surface area contributed by atoms with Crippen LogP contribution >= 0.6 is 23.1 Å². The topological polar surface area (TPSA) is 99.4 Å². The molecule has 3 aromatic heterocycles. The number of hydrogen-bond donors (Lipinski definition) is 2. The zero-order valence-electron chi connectivity index (χ0n) is 17.8. The van der Waals surface area contributed by atoms with E-state index in [0.29, 0.717) is 29.5 Å². The number of carbonyl (C=O) groups is 1. The Morgan fingerprint density at radius 1 is 1.25 bits per heavy atom. The number of nitrogens with zero attached hydrogens (tertiary/aromatic N) is 4. The van der Waals surface area contributed by atoms with E-state index in [9.17, 15) is 10.1 Å². The molecule has 9 heteroatoms. The maximum absolute atomic E-state index is 12.7. The van der Waals surface area contributed by atoms with Gasteiger partial charge in [-0.1, -0.05) is 48.2 Å². The number of carbonyl (C=O) groups excluding carboxylic acids is 1. The lowest BCUT2D eigenvalue weighted by atomic mass is 10.2. The molecule has 32 heavy (non-hydrogen) atoms. The summed E-state index contributed by atoms with van der Waals surface area (Å²) in [4.78, 5) is 18.4. The van der Waals surface area contributed by atoms with Crippen molar-refractivity contribution in [1.29, 1.82) is 5.26 Å². The van der Waals surface area contributed by atoms with Crippen LogP contribution < -0.4 is 5.32 Å². The van der Waals surface area contributed by atoms with E-state index in [4.69, 9.17) is 0 Å². The van der Waals surface area contributed by atoms with Crippen LogP contribution in [0.4, 0.5) is 5.82 Å². The molecule has 0 saturated heterocycles. The van der Waals surface area contributed by atoms with E-state index in [2.05, 4.69) is 32.6 Å². The highest BCUT2D eigenvalue weighted by atomic mass is 32.2. The van der Waals surface area contributed by atoms with Gasteiger partial charge in [0, 0.05) is 23.5 Å². The molecule has 0 fully saturated rings. The summed E-state index contributed by atoms with van der Waals surface area (Å²) in [6.45, 7) is 4.44. The number of H-pyrrole nitrogens is 1. The Bertz CT molecular complexity index is 1250. The quantitative estimate of drug-likeness (QED) is 0.375. The number of aromatic nitrogens is 4. The number of hydrogen-bond acceptors (Lipinski definition) is 6. The highest BCUT2D eigenvalue weighted by Gasteiger charge is 2.20. The third-order valence-electron chi connectivity index (χ3n) is 5.15. The van der Waals surface area contributed by atoms with Crippen LogP contribution in [0.1, 0.15) is 33.1 Å². The molecule has 7 nitrogen and oxygen atoms in total. The zero-order valence-corrected chi connectivity index (χ0v) is 19.4. The number of benzene rings is 1. The molecule has 0 aliphatic carbocycles. The minimum atomic E-state index is -0.206. The minimum Gasteiger partial charge on any atom is -0.326 e. The molecule has 0 aliphatic heterocycles. The van der Waals surface area contributed by atoms with E-state index in [0.717, 1.165) is 22.6 Å². The molecule has 3 heterocycles. The van der Waals surface area contributed by atoms with Crippen LogP contribution in [0.2, 0.25) is 0 Å². The van der Waals surface area contributed by atoms with E-state index < -0.39 is 0 Å². The van der Waals surface area contributed by atoms with Crippen molar-refractivity contribution in [2.75, 3.05) is 11.1 Å². The van der Waals surface area contributed by atoms with Crippen LogP contribution in [-0.2, 0) is 17.8 Å². The van der Waals surface area contributed by atoms with Gasteiger partial charge in [-0.05, 0) is 36.4 Å². The molecule has 1 aromatic carbocycles. The monoisotopic (exact) mass is 462 g/mol. The molecule has 0 unspecified atom stereocenters. The molecule has 0 spiro atoms. The second-order valence-corrected chi connectivity index (χ2v) is 9.25. The van der Waals surface area contributed by atoms with Gasteiger partial charge in [0.2, 0.25) is 11.1 Å². The van der Waals surface area contributed by atoms with Gasteiger partial charge in [-0.15, -0.1) is 16.4 Å². The Morgan fingerprint density at radius 2 is 2.06 bits per heavy atom. The van der Waals surface area contributed by atoms with E-state index in [1.165, 1.54) is 16.6 Å². The second kappa shape index (κ2) is 9.85. The summed E-state index contributed by atoms with van der Waals surface area (Å²) in [7, 11) is 0. The van der Waals surface area contributed by atoms with Crippen LogP contribution in [0.5, 0.6) is 0 Å². The Balaban J connectivity index is 1.44. The normalized spacial score (nSPS) is 10.8. The van der Waals surface area contributed by atoms with Gasteiger partial charge in [0.05, 0.1) is 11.3 Å². The molecule has 2 N–H and O–H groups in total. The number of thiophene rings is 1. The van der Waals surface area contributed by atoms with Gasteiger partial charge in [0.25, 0.3) is 0 Å². The highest BCUT2D eigenvalue weighted by Crippen LogP contribution is 2.28. The maximum Gasteiger partial charge on any atom is 0.235 e. The molecule has 162 valence electrons. The lowest BCUT2D eigenvalue weighted by Crippen LogP contribution is -2.18. The number of nitrogens with one attached hydrogen (secondary N) is 2. The van der Waals surface area contributed by atoms with Crippen LogP contribution in [0.3, 0.4) is 0 Å². The van der Waals surface area contributed by atoms with Gasteiger partial charge in [-0.2, -0.15) is 5.26 Å². The Hall–Kier alpha value is -3.35. The predicted octanol–water partition coefficient (Wildman–Crippen LogP) is 4.53. The van der Waals surface area contributed by atoms with E-state index in [1.807, 2.05) is 60.2 Å². The van der Waals surface area contributed by atoms with Crippen molar-refractivity contribution in [2.45, 2.75) is 32.0 Å². The van der Waals surface area contributed by atoms with Gasteiger partial charge in [0.1, 0.15) is 17.7 Å². The average Bonchev–Trinajstić information content (AvgIpc) is 3.52. The number of rotatable bonds is 8. The van der Waals surface area contributed by atoms with Gasteiger partial charge in [-0.3, -0.25) is 9.89 Å². The first-order valence-corrected chi connectivity index (χ1v) is 11.9. The minimum absolute atomic E-state index is 0.149. The molecule has 0 bridgehead atoms. The fourth-order valence-electron chi connectivity index (χ4n) is 3.39. The summed E-state index contributed by atoms with van der Waals surface area (Å²) in [5.74, 6) is 1.24. The summed E-state index contributed by atoms with van der Waals surface area (Å²) in [5, 5.41) is 22.3. The lowest BCUT2D eigenvalue weighted by Gasteiger charge is -2.13. The molecule has 0 saturated carbocycles. The van der Waals surface area contributed by atoms with Crippen LogP contribution in [-0.4, -0.2) is 31.4 Å². The number of thioether (sulfide) groups is 1. The van der Waals surface area contributed by atoms with E-state index in [1.54, 1.807) is 11.3 Å². The fraction of sp³-hybridized carbons (Fsp3) is 0.217. The Kier molecular flexibility index (Phi) is 6.73. The smallest absolute Gasteiger partial charge is 0.235 e. The Labute approximate surface area is 194 Å². The summed E-state index contributed by atoms with van der Waals surface area (Å²) in [6, 6.07) is 16.3. The first-order valence-electron chi connectivity index (χ1n) is 10.0. The molecular formula is C23H22N6OS2. The molecule has 4 rings (SSSR count). The zero-order chi connectivity index (χ0) is 22.5. The fourth-order valence-corrected chi connectivity index (χ4v) is 4.72. The molecule has 0 radical (unpaired) electrons.